The number of imide groups is 1. The fraction of sp³-hybridized carbons (Fsp3) is 0.182. The summed E-state index contributed by atoms with van der Waals surface area (Å²) in [5.41, 5.74) is 2.45. The summed E-state index contributed by atoms with van der Waals surface area (Å²) >= 11 is 0. The zero-order valence-corrected chi connectivity index (χ0v) is 15.6. The van der Waals surface area contributed by atoms with Gasteiger partial charge in [-0.25, -0.2) is 14.6 Å². The highest BCUT2D eigenvalue weighted by atomic mass is 16.5. The number of hydrogen-bond donors (Lipinski definition) is 2. The predicted octanol–water partition coefficient (Wildman–Crippen LogP) is 3.05. The predicted molar refractivity (Wildman–Crippen MR) is 107 cm³/mol. The number of carbonyl (C=O) groups excluding carboxylic acids is 3. The third-order valence-electron chi connectivity index (χ3n) is 4.51. The molecule has 146 valence electrons. The highest BCUT2D eigenvalue weighted by Gasteiger charge is 2.24. The van der Waals surface area contributed by atoms with Gasteiger partial charge in [-0.05, 0) is 25.0 Å². The van der Waals surface area contributed by atoms with Crippen LogP contribution < -0.4 is 10.6 Å². The van der Waals surface area contributed by atoms with E-state index in [9.17, 15) is 14.4 Å². The van der Waals surface area contributed by atoms with Gasteiger partial charge >= 0.3 is 12.0 Å². The molecule has 1 aliphatic carbocycles. The highest BCUT2D eigenvalue weighted by molar-refractivity contribution is 6.05. The number of esters is 1. The van der Waals surface area contributed by atoms with Gasteiger partial charge in [-0.1, -0.05) is 48.5 Å². The number of rotatable bonds is 5. The van der Waals surface area contributed by atoms with Gasteiger partial charge in [-0.15, -0.1) is 0 Å². The normalized spacial score (nSPS) is 13.0. The van der Waals surface area contributed by atoms with Gasteiger partial charge < -0.3 is 10.1 Å². The van der Waals surface area contributed by atoms with Crippen molar-refractivity contribution in [1.29, 1.82) is 0 Å². The number of nitrogens with zero attached hydrogens (tertiary/aromatic N) is 1. The quantitative estimate of drug-likeness (QED) is 0.654. The second-order valence-electron chi connectivity index (χ2n) is 6.81. The molecule has 7 nitrogen and oxygen atoms in total. The molecule has 0 bridgehead atoms. The molecular formula is C22H19N3O4. The Labute approximate surface area is 167 Å². The largest absolute Gasteiger partial charge is 0.452 e. The Morgan fingerprint density at radius 2 is 1.72 bits per heavy atom. The molecule has 1 aromatic heterocycles. The summed E-state index contributed by atoms with van der Waals surface area (Å²) in [6, 6.07) is 17.9. The highest BCUT2D eigenvalue weighted by Crippen LogP contribution is 2.25. The minimum atomic E-state index is -0.682. The SMILES string of the molecule is O=C(COC(=O)c1cc(-c2ccccc2)nc2ccccc12)NC(=O)NC1CC1. The minimum absolute atomic E-state index is 0.130. The van der Waals surface area contributed by atoms with E-state index in [1.165, 1.54) is 0 Å². The summed E-state index contributed by atoms with van der Waals surface area (Å²) < 4.78 is 5.15. The Morgan fingerprint density at radius 3 is 2.48 bits per heavy atom. The second kappa shape index (κ2) is 8.10. The van der Waals surface area contributed by atoms with Gasteiger partial charge in [0.25, 0.3) is 5.91 Å². The first kappa shape index (κ1) is 18.6. The summed E-state index contributed by atoms with van der Waals surface area (Å²) in [5, 5.41) is 5.42. The summed E-state index contributed by atoms with van der Waals surface area (Å²) in [4.78, 5) is 40.8. The molecule has 29 heavy (non-hydrogen) atoms. The first-order valence-electron chi connectivity index (χ1n) is 9.33. The van der Waals surface area contributed by atoms with Crippen molar-refractivity contribution in [2.45, 2.75) is 18.9 Å². The van der Waals surface area contributed by atoms with E-state index in [2.05, 4.69) is 15.6 Å². The lowest BCUT2D eigenvalue weighted by Crippen LogP contribution is -2.42. The van der Waals surface area contributed by atoms with Crippen molar-refractivity contribution >= 4 is 28.8 Å². The summed E-state index contributed by atoms with van der Waals surface area (Å²) in [7, 11) is 0. The maximum absolute atomic E-state index is 12.7. The van der Waals surface area contributed by atoms with Crippen molar-refractivity contribution in [2.24, 2.45) is 0 Å². The third kappa shape index (κ3) is 4.57. The van der Waals surface area contributed by atoms with Crippen LogP contribution in [0.1, 0.15) is 23.2 Å². The van der Waals surface area contributed by atoms with E-state index in [0.29, 0.717) is 22.2 Å². The smallest absolute Gasteiger partial charge is 0.339 e. The molecule has 1 aliphatic rings. The van der Waals surface area contributed by atoms with E-state index in [1.54, 1.807) is 18.2 Å². The second-order valence-corrected chi connectivity index (χ2v) is 6.81. The maximum Gasteiger partial charge on any atom is 0.339 e. The first-order valence-corrected chi connectivity index (χ1v) is 9.33. The minimum Gasteiger partial charge on any atom is -0.452 e. The van der Waals surface area contributed by atoms with Crippen LogP contribution in [-0.2, 0) is 9.53 Å². The van der Waals surface area contributed by atoms with E-state index in [4.69, 9.17) is 4.74 Å². The molecule has 0 unspecified atom stereocenters. The number of para-hydroxylation sites is 1. The number of hydrogen-bond acceptors (Lipinski definition) is 5. The van der Waals surface area contributed by atoms with Crippen molar-refractivity contribution in [2.75, 3.05) is 6.61 Å². The molecule has 7 heteroatoms. The van der Waals surface area contributed by atoms with Gasteiger partial charge in [0.2, 0.25) is 0 Å². The molecule has 3 aromatic rings. The fourth-order valence-electron chi connectivity index (χ4n) is 2.92. The van der Waals surface area contributed by atoms with Gasteiger partial charge in [0, 0.05) is 17.0 Å². The monoisotopic (exact) mass is 389 g/mol. The zero-order chi connectivity index (χ0) is 20.2. The van der Waals surface area contributed by atoms with Crippen LogP contribution in [0.2, 0.25) is 0 Å². The number of amides is 3. The van der Waals surface area contributed by atoms with Gasteiger partial charge in [0.05, 0.1) is 16.8 Å². The molecule has 0 spiro atoms. The van der Waals surface area contributed by atoms with Crippen LogP contribution >= 0.6 is 0 Å². The molecule has 0 aliphatic heterocycles. The Kier molecular flexibility index (Phi) is 5.20. The summed E-state index contributed by atoms with van der Waals surface area (Å²) in [6.07, 6.45) is 1.82. The van der Waals surface area contributed by atoms with E-state index >= 15 is 0 Å². The number of fused-ring (bicyclic) bond motifs is 1. The van der Waals surface area contributed by atoms with Crippen LogP contribution in [0.4, 0.5) is 4.79 Å². The average Bonchev–Trinajstić information content (AvgIpc) is 3.55. The summed E-state index contributed by atoms with van der Waals surface area (Å²) in [6.45, 7) is -0.547. The number of ether oxygens (including phenoxy) is 1. The molecule has 1 heterocycles. The van der Waals surface area contributed by atoms with Crippen molar-refractivity contribution in [1.82, 2.24) is 15.6 Å². The Hall–Kier alpha value is -3.74. The Bertz CT molecular complexity index is 1080. The van der Waals surface area contributed by atoms with Crippen LogP contribution in [0, 0.1) is 0 Å². The zero-order valence-electron chi connectivity index (χ0n) is 15.6. The van der Waals surface area contributed by atoms with Crippen LogP contribution in [-0.4, -0.2) is 35.5 Å². The fourth-order valence-corrected chi connectivity index (χ4v) is 2.92. The lowest BCUT2D eigenvalue weighted by molar-refractivity contribution is -0.123. The molecule has 0 saturated heterocycles. The molecule has 1 fully saturated rings. The van der Waals surface area contributed by atoms with Crippen molar-refractivity contribution < 1.29 is 19.1 Å². The molecule has 2 aromatic carbocycles. The van der Waals surface area contributed by atoms with E-state index in [-0.39, 0.29) is 6.04 Å². The van der Waals surface area contributed by atoms with Gasteiger partial charge in [-0.3, -0.25) is 10.1 Å². The molecule has 0 atom stereocenters. The first-order chi connectivity index (χ1) is 14.1. The Balaban J connectivity index is 1.51. The lowest BCUT2D eigenvalue weighted by Gasteiger charge is -2.10. The number of benzene rings is 2. The van der Waals surface area contributed by atoms with Crippen molar-refractivity contribution in [3.63, 3.8) is 0 Å². The standard InChI is InChI=1S/C22H19N3O4/c26-20(25-22(28)23-15-10-11-15)13-29-21(27)17-12-19(14-6-2-1-3-7-14)24-18-9-5-4-8-16(17)18/h1-9,12,15H,10-11,13H2,(H2,23,25,26,28). The molecule has 3 amide bonds. The van der Waals surface area contributed by atoms with E-state index < -0.39 is 24.5 Å². The van der Waals surface area contributed by atoms with Crippen LogP contribution in [0.5, 0.6) is 0 Å². The van der Waals surface area contributed by atoms with E-state index in [0.717, 1.165) is 18.4 Å². The van der Waals surface area contributed by atoms with Gasteiger partial charge in [0.15, 0.2) is 6.61 Å². The topological polar surface area (TPSA) is 97.4 Å². The van der Waals surface area contributed by atoms with Crippen LogP contribution in [0.3, 0.4) is 0 Å². The molecular weight excluding hydrogens is 370 g/mol. The number of urea groups is 1. The van der Waals surface area contributed by atoms with Crippen molar-refractivity contribution in [3.8, 4) is 11.3 Å². The molecule has 1 saturated carbocycles. The molecule has 2 N–H and O–H groups in total. The molecule has 0 radical (unpaired) electrons. The van der Waals surface area contributed by atoms with Crippen LogP contribution in [0.15, 0.2) is 60.7 Å². The lowest BCUT2D eigenvalue weighted by atomic mass is 10.0. The number of pyridine rings is 1. The average molecular weight is 389 g/mol. The Morgan fingerprint density at radius 1 is 1.00 bits per heavy atom. The number of carbonyl (C=O) groups is 3. The molecule has 4 rings (SSSR count). The maximum atomic E-state index is 12.7. The van der Waals surface area contributed by atoms with E-state index in [1.807, 2.05) is 42.5 Å². The number of aromatic nitrogens is 1. The third-order valence-corrected chi connectivity index (χ3v) is 4.51. The van der Waals surface area contributed by atoms with Crippen molar-refractivity contribution in [3.05, 3.63) is 66.2 Å². The van der Waals surface area contributed by atoms with Gasteiger partial charge in [0.1, 0.15) is 0 Å². The number of nitrogens with one attached hydrogen (secondary N) is 2. The van der Waals surface area contributed by atoms with Crippen LogP contribution in [0.25, 0.3) is 22.2 Å². The van der Waals surface area contributed by atoms with Gasteiger partial charge in [-0.2, -0.15) is 0 Å². The summed E-state index contributed by atoms with van der Waals surface area (Å²) in [5.74, 6) is -1.34.